The van der Waals surface area contributed by atoms with Crippen LogP contribution in [0.25, 0.3) is 0 Å². The summed E-state index contributed by atoms with van der Waals surface area (Å²) in [6.07, 6.45) is 0. The van der Waals surface area contributed by atoms with Gasteiger partial charge in [0.15, 0.2) is 0 Å². The zero-order valence-corrected chi connectivity index (χ0v) is 14.2. The molecule has 0 unspecified atom stereocenters. The second-order valence-corrected chi connectivity index (χ2v) is 7.20. The van der Waals surface area contributed by atoms with Crippen molar-refractivity contribution in [1.29, 1.82) is 0 Å². The largest absolute Gasteiger partial charge is 0.382 e. The molecule has 1 heterocycles. The molecule has 1 amide bonds. The number of rotatable bonds is 4. The fourth-order valence-electron chi connectivity index (χ4n) is 1.69. The number of anilines is 2. The van der Waals surface area contributed by atoms with Gasteiger partial charge in [-0.25, -0.2) is 9.37 Å². The Morgan fingerprint density at radius 1 is 1.22 bits per heavy atom. The molecule has 23 heavy (non-hydrogen) atoms. The van der Waals surface area contributed by atoms with Crippen LogP contribution in [0.5, 0.6) is 0 Å². The number of nitrogens with two attached hydrogens (primary N) is 1. The van der Waals surface area contributed by atoms with E-state index in [1.54, 1.807) is 18.2 Å². The number of pyridine rings is 1. The predicted molar refractivity (Wildman–Crippen MR) is 92.7 cm³/mol. The highest BCUT2D eigenvalue weighted by Gasteiger charge is 2.22. The summed E-state index contributed by atoms with van der Waals surface area (Å²) < 4.78 is 12.9. The molecular weight excluding hydrogens is 313 g/mol. The van der Waals surface area contributed by atoms with Crippen LogP contribution in [0.15, 0.2) is 41.4 Å². The highest BCUT2D eigenvalue weighted by molar-refractivity contribution is 7.98. The number of nitrogens with one attached hydrogen (secondary N) is 1. The van der Waals surface area contributed by atoms with Crippen molar-refractivity contribution in [2.24, 2.45) is 5.41 Å². The molecule has 0 saturated carbocycles. The minimum Gasteiger partial charge on any atom is -0.382 e. The Bertz CT molecular complexity index is 696. The molecule has 2 aromatic rings. The molecule has 0 fully saturated rings. The number of aromatic nitrogens is 1. The Morgan fingerprint density at radius 3 is 2.43 bits per heavy atom. The third-order valence-corrected chi connectivity index (χ3v) is 4.13. The zero-order valence-electron chi connectivity index (χ0n) is 13.4. The summed E-state index contributed by atoms with van der Waals surface area (Å²) in [6, 6.07) is 9.90. The topological polar surface area (TPSA) is 68.0 Å². The van der Waals surface area contributed by atoms with Crippen molar-refractivity contribution in [3.63, 3.8) is 0 Å². The van der Waals surface area contributed by atoms with Crippen LogP contribution in [-0.4, -0.2) is 10.9 Å². The van der Waals surface area contributed by atoms with Crippen molar-refractivity contribution < 1.29 is 9.18 Å². The first-order valence-corrected chi connectivity index (χ1v) is 8.19. The number of thioether (sulfide) groups is 1. The summed E-state index contributed by atoms with van der Waals surface area (Å²) in [5.74, 6) is 0.588. The Hall–Kier alpha value is -2.08. The molecule has 122 valence electrons. The Morgan fingerprint density at radius 2 is 1.87 bits per heavy atom. The van der Waals surface area contributed by atoms with E-state index in [4.69, 9.17) is 5.73 Å². The quantitative estimate of drug-likeness (QED) is 0.827. The van der Waals surface area contributed by atoms with Crippen LogP contribution >= 0.6 is 11.8 Å². The molecule has 0 aliphatic rings. The summed E-state index contributed by atoms with van der Waals surface area (Å²) in [4.78, 5) is 16.3. The number of hydrogen-bond acceptors (Lipinski definition) is 4. The van der Waals surface area contributed by atoms with Gasteiger partial charge in [-0.15, -0.1) is 11.8 Å². The first-order valence-electron chi connectivity index (χ1n) is 7.21. The first kappa shape index (κ1) is 17.3. The van der Waals surface area contributed by atoms with Crippen molar-refractivity contribution in [2.45, 2.75) is 31.6 Å². The zero-order chi connectivity index (χ0) is 17.0. The average molecular weight is 333 g/mol. The molecule has 1 aromatic heterocycles. The number of nitrogens with zero attached hydrogens (tertiary/aromatic N) is 1. The molecule has 0 aliphatic heterocycles. The molecule has 0 bridgehead atoms. The molecule has 0 aliphatic carbocycles. The molecule has 0 radical (unpaired) electrons. The molecule has 6 heteroatoms. The minimum atomic E-state index is -0.498. The van der Waals surface area contributed by atoms with Gasteiger partial charge in [-0.1, -0.05) is 32.9 Å². The van der Waals surface area contributed by atoms with Crippen LogP contribution in [0.3, 0.4) is 0 Å². The van der Waals surface area contributed by atoms with Crippen molar-refractivity contribution in [3.8, 4) is 0 Å². The van der Waals surface area contributed by atoms with E-state index >= 15 is 0 Å². The normalized spacial score (nSPS) is 11.3. The second-order valence-electron chi connectivity index (χ2n) is 6.20. The van der Waals surface area contributed by atoms with Gasteiger partial charge in [0.25, 0.3) is 0 Å². The number of nitrogen functional groups attached to an aromatic ring is 1. The molecular formula is C17H20FN3OS. The lowest BCUT2D eigenvalue weighted by Crippen LogP contribution is -2.28. The summed E-state index contributed by atoms with van der Waals surface area (Å²) in [6.45, 7) is 5.50. The van der Waals surface area contributed by atoms with Gasteiger partial charge in [0.05, 0.1) is 10.7 Å². The number of halogens is 1. The maximum Gasteiger partial charge on any atom is 0.229 e. The van der Waals surface area contributed by atoms with E-state index in [1.807, 2.05) is 26.8 Å². The van der Waals surface area contributed by atoms with Crippen LogP contribution in [0, 0.1) is 11.2 Å². The summed E-state index contributed by atoms with van der Waals surface area (Å²) >= 11 is 1.50. The summed E-state index contributed by atoms with van der Waals surface area (Å²) in [7, 11) is 0. The van der Waals surface area contributed by atoms with E-state index < -0.39 is 5.41 Å². The Labute approximate surface area is 139 Å². The van der Waals surface area contributed by atoms with Gasteiger partial charge in [0.1, 0.15) is 11.6 Å². The fourth-order valence-corrected chi connectivity index (χ4v) is 2.52. The maximum absolute atomic E-state index is 12.9. The third kappa shape index (κ3) is 4.96. The predicted octanol–water partition coefficient (Wildman–Crippen LogP) is 4.08. The van der Waals surface area contributed by atoms with Gasteiger partial charge >= 0.3 is 0 Å². The van der Waals surface area contributed by atoms with Gasteiger partial charge in [0.2, 0.25) is 5.91 Å². The number of hydrogen-bond donors (Lipinski definition) is 2. The molecule has 4 nitrogen and oxygen atoms in total. The van der Waals surface area contributed by atoms with Crippen molar-refractivity contribution >= 4 is 29.2 Å². The number of carbonyl (C=O) groups is 1. The van der Waals surface area contributed by atoms with Crippen molar-refractivity contribution in [1.82, 2.24) is 4.98 Å². The van der Waals surface area contributed by atoms with Gasteiger partial charge in [-0.3, -0.25) is 4.79 Å². The van der Waals surface area contributed by atoms with E-state index in [9.17, 15) is 9.18 Å². The molecule has 0 saturated heterocycles. The fraction of sp³-hybridized carbons (Fsp3) is 0.294. The van der Waals surface area contributed by atoms with E-state index in [2.05, 4.69) is 10.3 Å². The molecule has 0 atom stereocenters. The van der Waals surface area contributed by atoms with Crippen LogP contribution < -0.4 is 11.1 Å². The average Bonchev–Trinajstić information content (AvgIpc) is 2.48. The summed E-state index contributed by atoms with van der Waals surface area (Å²) in [5, 5.41) is 3.53. The van der Waals surface area contributed by atoms with Crippen LogP contribution in [0.2, 0.25) is 0 Å². The molecule has 0 spiro atoms. The van der Waals surface area contributed by atoms with Gasteiger partial charge in [0, 0.05) is 11.2 Å². The van der Waals surface area contributed by atoms with Crippen LogP contribution in [0.1, 0.15) is 26.3 Å². The van der Waals surface area contributed by atoms with Gasteiger partial charge < -0.3 is 11.1 Å². The SMILES string of the molecule is CC(C)(C)C(=O)Nc1ccc(SCc2ccc(F)cc2)nc1N. The smallest absolute Gasteiger partial charge is 0.229 e. The highest BCUT2D eigenvalue weighted by atomic mass is 32.2. The van der Waals surface area contributed by atoms with Crippen molar-refractivity contribution in [2.75, 3.05) is 11.1 Å². The lowest BCUT2D eigenvalue weighted by Gasteiger charge is -2.18. The molecule has 1 aromatic carbocycles. The minimum absolute atomic E-state index is 0.113. The van der Waals surface area contributed by atoms with E-state index in [-0.39, 0.29) is 17.5 Å². The standard InChI is InChI=1S/C17H20FN3OS/c1-17(2,3)16(22)20-13-8-9-14(21-15(13)19)23-10-11-4-6-12(18)7-5-11/h4-9H,10H2,1-3H3,(H2,19,21)(H,20,22). The molecule has 3 N–H and O–H groups in total. The maximum atomic E-state index is 12.9. The highest BCUT2D eigenvalue weighted by Crippen LogP contribution is 2.26. The monoisotopic (exact) mass is 333 g/mol. The number of carbonyl (C=O) groups excluding carboxylic acids is 1. The van der Waals surface area contributed by atoms with Crippen LogP contribution in [0.4, 0.5) is 15.9 Å². The third-order valence-electron chi connectivity index (χ3n) is 3.13. The lowest BCUT2D eigenvalue weighted by atomic mass is 9.95. The van der Waals surface area contributed by atoms with Gasteiger partial charge in [-0.05, 0) is 29.8 Å². The van der Waals surface area contributed by atoms with Crippen molar-refractivity contribution in [3.05, 3.63) is 47.8 Å². The van der Waals surface area contributed by atoms with E-state index in [0.717, 1.165) is 10.6 Å². The van der Waals surface area contributed by atoms with E-state index in [1.165, 1.54) is 23.9 Å². The van der Waals surface area contributed by atoms with Gasteiger partial charge in [-0.2, -0.15) is 0 Å². The Balaban J connectivity index is 2.01. The Kier molecular flexibility index (Phi) is 5.26. The lowest BCUT2D eigenvalue weighted by molar-refractivity contribution is -0.123. The second kappa shape index (κ2) is 7.00. The van der Waals surface area contributed by atoms with Crippen LogP contribution in [-0.2, 0) is 10.5 Å². The summed E-state index contributed by atoms with van der Waals surface area (Å²) in [5.41, 5.74) is 6.93. The number of benzene rings is 1. The van der Waals surface area contributed by atoms with E-state index in [0.29, 0.717) is 11.4 Å². The first-order chi connectivity index (χ1) is 10.8. The molecule has 2 rings (SSSR count). The number of amides is 1.